The number of ether oxygens (including phenoxy) is 2. The second kappa shape index (κ2) is 8.47. The van der Waals surface area contributed by atoms with Crippen molar-refractivity contribution in [1.29, 1.82) is 0 Å². The number of methoxy groups -OCH3 is 1. The molecule has 0 fully saturated rings. The number of amides is 1. The smallest absolute Gasteiger partial charge is 0.315 e. The monoisotopic (exact) mass is 359 g/mol. The van der Waals surface area contributed by atoms with Gasteiger partial charge in [-0.25, -0.2) is 5.43 Å². The highest BCUT2D eigenvalue weighted by molar-refractivity contribution is 5.95. The van der Waals surface area contributed by atoms with Gasteiger partial charge < -0.3 is 14.6 Å². The maximum absolute atomic E-state index is 12.0. The first-order chi connectivity index (χ1) is 12.5. The summed E-state index contributed by atoms with van der Waals surface area (Å²) in [6, 6.07) is 8.97. The van der Waals surface area contributed by atoms with Crippen LogP contribution in [-0.4, -0.2) is 35.9 Å². The van der Waals surface area contributed by atoms with Crippen molar-refractivity contribution < 1.29 is 24.3 Å². The summed E-state index contributed by atoms with van der Waals surface area (Å²) in [5.41, 5.74) is 2.44. The third kappa shape index (κ3) is 4.47. The van der Waals surface area contributed by atoms with E-state index in [1.54, 1.807) is 24.3 Å². The Morgan fingerprint density at radius 1 is 1.35 bits per heavy atom. The van der Waals surface area contributed by atoms with E-state index in [1.165, 1.54) is 19.4 Å². The van der Waals surface area contributed by atoms with Crippen LogP contribution in [0.2, 0.25) is 0 Å². The lowest BCUT2D eigenvalue weighted by atomic mass is 10.2. The van der Waals surface area contributed by atoms with E-state index < -0.39 is 22.3 Å². The molecular weight excluding hydrogens is 342 g/mol. The number of phenols is 1. The third-order valence-electron chi connectivity index (χ3n) is 3.30. The number of nitrogens with zero attached hydrogens (tertiary/aromatic N) is 2. The molecule has 0 saturated carbocycles. The summed E-state index contributed by atoms with van der Waals surface area (Å²) in [6.07, 6.45) is 1.21. The summed E-state index contributed by atoms with van der Waals surface area (Å²) >= 11 is 0. The van der Waals surface area contributed by atoms with E-state index in [-0.39, 0.29) is 11.3 Å². The molecule has 0 saturated heterocycles. The lowest BCUT2D eigenvalue weighted by Gasteiger charge is -2.05. The minimum Gasteiger partial charge on any atom is -0.500 e. The molecule has 0 atom stereocenters. The van der Waals surface area contributed by atoms with E-state index in [4.69, 9.17) is 9.47 Å². The number of benzene rings is 2. The van der Waals surface area contributed by atoms with Gasteiger partial charge in [-0.2, -0.15) is 5.10 Å². The van der Waals surface area contributed by atoms with Crippen LogP contribution in [0.15, 0.2) is 41.5 Å². The van der Waals surface area contributed by atoms with Gasteiger partial charge in [0.1, 0.15) is 5.75 Å². The van der Waals surface area contributed by atoms with Gasteiger partial charge in [-0.3, -0.25) is 14.9 Å². The Hall–Kier alpha value is -3.62. The van der Waals surface area contributed by atoms with Crippen molar-refractivity contribution in [2.45, 2.75) is 6.92 Å². The van der Waals surface area contributed by atoms with E-state index in [9.17, 15) is 20.0 Å². The first-order valence-electron chi connectivity index (χ1n) is 7.58. The molecule has 26 heavy (non-hydrogen) atoms. The Kier molecular flexibility index (Phi) is 6.10. The molecule has 1 amide bonds. The Morgan fingerprint density at radius 2 is 2.04 bits per heavy atom. The third-order valence-corrected chi connectivity index (χ3v) is 3.30. The number of hydrogen-bond donors (Lipinski definition) is 2. The van der Waals surface area contributed by atoms with Crippen LogP contribution in [0.5, 0.6) is 17.2 Å². The Morgan fingerprint density at radius 3 is 2.62 bits per heavy atom. The molecule has 0 radical (unpaired) electrons. The van der Waals surface area contributed by atoms with E-state index >= 15 is 0 Å². The van der Waals surface area contributed by atoms with Crippen molar-refractivity contribution in [3.63, 3.8) is 0 Å². The number of carbonyl (C=O) groups is 1. The standard InChI is InChI=1S/C17H17N3O6/c1-3-26-13-6-4-12(5-7-13)17(22)19-18-10-11-8-14(20(23)24)16(21)15(9-11)25-2/h4-10,21H,3H2,1-2H3,(H,19,22)/b18-10+. The molecule has 0 aliphatic heterocycles. The lowest BCUT2D eigenvalue weighted by Crippen LogP contribution is -2.17. The maximum atomic E-state index is 12.0. The van der Waals surface area contributed by atoms with Crippen molar-refractivity contribution >= 4 is 17.8 Å². The SMILES string of the molecule is CCOc1ccc(C(=O)N/N=C/c2cc(OC)c(O)c([N+](=O)[O-])c2)cc1. The topological polar surface area (TPSA) is 123 Å². The molecular formula is C17H17N3O6. The number of hydrogen-bond acceptors (Lipinski definition) is 7. The van der Waals surface area contributed by atoms with E-state index in [1.807, 2.05) is 6.92 Å². The van der Waals surface area contributed by atoms with Crippen molar-refractivity contribution in [1.82, 2.24) is 5.43 Å². The molecule has 2 aromatic carbocycles. The fourth-order valence-electron chi connectivity index (χ4n) is 2.08. The minimum atomic E-state index is -0.742. The number of aromatic hydroxyl groups is 1. The van der Waals surface area contributed by atoms with Crippen LogP contribution in [0.1, 0.15) is 22.8 Å². The van der Waals surface area contributed by atoms with Crippen molar-refractivity contribution in [3.8, 4) is 17.2 Å². The number of nitrogens with one attached hydrogen (secondary N) is 1. The molecule has 0 heterocycles. The highest BCUT2D eigenvalue weighted by Crippen LogP contribution is 2.36. The second-order valence-electron chi connectivity index (χ2n) is 5.00. The molecule has 0 bridgehead atoms. The number of phenolic OH excluding ortho intramolecular Hbond substituents is 1. The summed E-state index contributed by atoms with van der Waals surface area (Å²) < 4.78 is 10.2. The fourth-order valence-corrected chi connectivity index (χ4v) is 2.08. The van der Waals surface area contributed by atoms with Gasteiger partial charge in [-0.05, 0) is 37.3 Å². The number of rotatable bonds is 7. The Bertz CT molecular complexity index is 833. The number of nitro groups is 1. The van der Waals surface area contributed by atoms with Crippen LogP contribution >= 0.6 is 0 Å². The Balaban J connectivity index is 2.11. The zero-order valence-electron chi connectivity index (χ0n) is 14.1. The van der Waals surface area contributed by atoms with Gasteiger partial charge >= 0.3 is 5.69 Å². The molecule has 0 aliphatic rings. The molecule has 2 aromatic rings. The van der Waals surface area contributed by atoms with Crippen LogP contribution in [-0.2, 0) is 0 Å². The molecule has 9 heteroatoms. The molecule has 2 N–H and O–H groups in total. The van der Waals surface area contributed by atoms with Crippen LogP contribution in [0, 0.1) is 10.1 Å². The summed E-state index contributed by atoms with van der Waals surface area (Å²) in [5.74, 6) is -0.452. The molecule has 9 nitrogen and oxygen atoms in total. The average Bonchev–Trinajstić information content (AvgIpc) is 2.63. The lowest BCUT2D eigenvalue weighted by molar-refractivity contribution is -0.386. The van der Waals surface area contributed by atoms with Gasteiger partial charge in [0.05, 0.1) is 24.9 Å². The largest absolute Gasteiger partial charge is 0.500 e. The van der Waals surface area contributed by atoms with Crippen molar-refractivity contribution in [2.24, 2.45) is 5.10 Å². The van der Waals surface area contributed by atoms with Crippen LogP contribution < -0.4 is 14.9 Å². The fraction of sp³-hybridized carbons (Fsp3) is 0.176. The van der Waals surface area contributed by atoms with Crippen LogP contribution in [0.25, 0.3) is 0 Å². The van der Waals surface area contributed by atoms with Gasteiger partial charge in [-0.15, -0.1) is 0 Å². The van der Waals surface area contributed by atoms with Crippen molar-refractivity contribution in [2.75, 3.05) is 13.7 Å². The molecule has 2 rings (SSSR count). The van der Waals surface area contributed by atoms with Gasteiger partial charge in [-0.1, -0.05) is 0 Å². The summed E-state index contributed by atoms with van der Waals surface area (Å²) in [6.45, 7) is 2.38. The first kappa shape index (κ1) is 18.7. The first-order valence-corrected chi connectivity index (χ1v) is 7.58. The molecule has 136 valence electrons. The van der Waals surface area contributed by atoms with Gasteiger partial charge in [0.25, 0.3) is 5.91 Å². The number of hydrazone groups is 1. The zero-order chi connectivity index (χ0) is 19.1. The minimum absolute atomic E-state index is 0.0708. The van der Waals surface area contributed by atoms with Crippen LogP contribution in [0.4, 0.5) is 5.69 Å². The van der Waals surface area contributed by atoms with Crippen LogP contribution in [0.3, 0.4) is 0 Å². The normalized spacial score (nSPS) is 10.5. The summed E-state index contributed by atoms with van der Waals surface area (Å²) in [4.78, 5) is 22.2. The number of nitro benzene ring substituents is 1. The maximum Gasteiger partial charge on any atom is 0.315 e. The molecule has 0 aromatic heterocycles. The molecule has 0 unspecified atom stereocenters. The quantitative estimate of drug-likeness (QED) is 0.445. The summed E-state index contributed by atoms with van der Waals surface area (Å²) in [7, 11) is 1.27. The Labute approximate surface area is 149 Å². The zero-order valence-corrected chi connectivity index (χ0v) is 14.1. The molecule has 0 spiro atoms. The van der Waals surface area contributed by atoms with E-state index in [0.29, 0.717) is 17.9 Å². The van der Waals surface area contributed by atoms with Gasteiger partial charge in [0.15, 0.2) is 5.75 Å². The van der Waals surface area contributed by atoms with Gasteiger partial charge in [0.2, 0.25) is 5.75 Å². The highest BCUT2D eigenvalue weighted by atomic mass is 16.6. The van der Waals surface area contributed by atoms with E-state index in [0.717, 1.165) is 6.07 Å². The number of carbonyl (C=O) groups excluding carboxylic acids is 1. The summed E-state index contributed by atoms with van der Waals surface area (Å²) in [5, 5.41) is 24.4. The van der Waals surface area contributed by atoms with Crippen molar-refractivity contribution in [3.05, 3.63) is 57.6 Å². The van der Waals surface area contributed by atoms with Gasteiger partial charge in [0, 0.05) is 17.2 Å². The highest BCUT2D eigenvalue weighted by Gasteiger charge is 2.19. The second-order valence-corrected chi connectivity index (χ2v) is 5.00. The molecule has 0 aliphatic carbocycles. The predicted molar refractivity (Wildman–Crippen MR) is 94.0 cm³/mol. The van der Waals surface area contributed by atoms with E-state index in [2.05, 4.69) is 10.5 Å². The predicted octanol–water partition coefficient (Wildman–Crippen LogP) is 2.47. The average molecular weight is 359 g/mol.